The van der Waals surface area contributed by atoms with Crippen LogP contribution in [0.15, 0.2) is 30.3 Å². The number of rotatable bonds is 4. The Labute approximate surface area is 138 Å². The summed E-state index contributed by atoms with van der Waals surface area (Å²) in [4.78, 5) is 14.5. The second kappa shape index (κ2) is 6.91. The summed E-state index contributed by atoms with van der Waals surface area (Å²) < 4.78 is 5.54. The molecule has 1 aromatic carbocycles. The molecule has 0 aromatic heterocycles. The van der Waals surface area contributed by atoms with Gasteiger partial charge in [0.1, 0.15) is 6.61 Å². The predicted molar refractivity (Wildman–Crippen MR) is 89.0 cm³/mol. The molecule has 4 nitrogen and oxygen atoms in total. The van der Waals surface area contributed by atoms with E-state index in [0.29, 0.717) is 19.4 Å². The average molecular weight is 317 g/mol. The fourth-order valence-corrected chi connectivity index (χ4v) is 4.29. The van der Waals surface area contributed by atoms with Crippen LogP contribution in [0.1, 0.15) is 57.4 Å². The highest BCUT2D eigenvalue weighted by atomic mass is 16.6. The van der Waals surface area contributed by atoms with Gasteiger partial charge in [0.15, 0.2) is 0 Å². The second-order valence-corrected chi connectivity index (χ2v) is 7.07. The smallest absolute Gasteiger partial charge is 0.410 e. The number of hydrogen-bond acceptors (Lipinski definition) is 3. The van der Waals surface area contributed by atoms with Gasteiger partial charge >= 0.3 is 6.09 Å². The molecule has 1 amide bonds. The molecule has 2 heterocycles. The normalized spacial score (nSPS) is 30.1. The van der Waals surface area contributed by atoms with Gasteiger partial charge in [-0.15, -0.1) is 0 Å². The van der Waals surface area contributed by atoms with Crippen LogP contribution < -0.4 is 0 Å². The SMILES string of the molecule is CCCC1(O)CC2CCCC(C1)N2C(=O)OCc1ccccc1. The van der Waals surface area contributed by atoms with Gasteiger partial charge in [-0.05, 0) is 44.1 Å². The molecule has 0 aliphatic carbocycles. The van der Waals surface area contributed by atoms with E-state index in [2.05, 4.69) is 6.92 Å². The van der Waals surface area contributed by atoms with Crippen molar-refractivity contribution >= 4 is 6.09 Å². The summed E-state index contributed by atoms with van der Waals surface area (Å²) in [5.74, 6) is 0. The minimum Gasteiger partial charge on any atom is -0.445 e. The zero-order valence-electron chi connectivity index (χ0n) is 13.9. The van der Waals surface area contributed by atoms with E-state index in [1.54, 1.807) is 0 Å². The minimum atomic E-state index is -0.597. The number of amides is 1. The summed E-state index contributed by atoms with van der Waals surface area (Å²) >= 11 is 0. The third-order valence-corrected chi connectivity index (χ3v) is 5.22. The number of piperidine rings is 2. The average Bonchev–Trinajstić information content (AvgIpc) is 2.53. The first-order chi connectivity index (χ1) is 11.1. The molecule has 2 bridgehead atoms. The third kappa shape index (κ3) is 3.69. The lowest BCUT2D eigenvalue weighted by Gasteiger charge is -2.51. The highest BCUT2D eigenvalue weighted by Crippen LogP contribution is 2.41. The lowest BCUT2D eigenvalue weighted by atomic mass is 9.74. The van der Waals surface area contributed by atoms with E-state index in [-0.39, 0.29) is 18.2 Å². The van der Waals surface area contributed by atoms with Crippen LogP contribution in [0.4, 0.5) is 4.79 Å². The largest absolute Gasteiger partial charge is 0.445 e. The Kier molecular flexibility index (Phi) is 4.90. The van der Waals surface area contributed by atoms with Crippen molar-refractivity contribution in [2.75, 3.05) is 0 Å². The molecule has 23 heavy (non-hydrogen) atoms. The molecule has 0 saturated carbocycles. The maximum Gasteiger partial charge on any atom is 0.410 e. The van der Waals surface area contributed by atoms with E-state index in [9.17, 15) is 9.90 Å². The van der Waals surface area contributed by atoms with Crippen LogP contribution in [-0.4, -0.2) is 33.8 Å². The summed E-state index contributed by atoms with van der Waals surface area (Å²) in [6.45, 7) is 2.42. The van der Waals surface area contributed by atoms with Gasteiger partial charge in [0.25, 0.3) is 0 Å². The molecule has 2 saturated heterocycles. The van der Waals surface area contributed by atoms with Gasteiger partial charge in [-0.3, -0.25) is 0 Å². The van der Waals surface area contributed by atoms with Crippen molar-refractivity contribution in [1.29, 1.82) is 0 Å². The molecule has 126 valence electrons. The fourth-order valence-electron chi connectivity index (χ4n) is 4.29. The topological polar surface area (TPSA) is 49.8 Å². The maximum atomic E-state index is 12.6. The number of nitrogens with zero attached hydrogens (tertiary/aromatic N) is 1. The second-order valence-electron chi connectivity index (χ2n) is 7.07. The summed E-state index contributed by atoms with van der Waals surface area (Å²) in [7, 11) is 0. The Morgan fingerprint density at radius 3 is 2.52 bits per heavy atom. The van der Waals surface area contributed by atoms with E-state index in [4.69, 9.17) is 4.74 Å². The van der Waals surface area contributed by atoms with Crippen LogP contribution in [0.2, 0.25) is 0 Å². The van der Waals surface area contributed by atoms with Gasteiger partial charge in [-0.1, -0.05) is 43.7 Å². The van der Waals surface area contributed by atoms with Crippen molar-refractivity contribution < 1.29 is 14.6 Å². The molecule has 2 fully saturated rings. The van der Waals surface area contributed by atoms with Crippen LogP contribution >= 0.6 is 0 Å². The van der Waals surface area contributed by atoms with Crippen LogP contribution in [0.25, 0.3) is 0 Å². The van der Waals surface area contributed by atoms with E-state index < -0.39 is 5.60 Å². The Balaban J connectivity index is 1.64. The van der Waals surface area contributed by atoms with Crippen LogP contribution in [0.3, 0.4) is 0 Å². The van der Waals surface area contributed by atoms with Crippen molar-refractivity contribution in [3.63, 3.8) is 0 Å². The highest BCUT2D eigenvalue weighted by molar-refractivity contribution is 5.69. The number of carbonyl (C=O) groups excluding carboxylic acids is 1. The first kappa shape index (κ1) is 16.3. The van der Waals surface area contributed by atoms with E-state index >= 15 is 0 Å². The number of fused-ring (bicyclic) bond motifs is 2. The number of aliphatic hydroxyl groups is 1. The zero-order valence-corrected chi connectivity index (χ0v) is 13.9. The molecule has 0 radical (unpaired) electrons. The lowest BCUT2D eigenvalue weighted by molar-refractivity contribution is -0.0891. The molecule has 2 atom stereocenters. The monoisotopic (exact) mass is 317 g/mol. The van der Waals surface area contributed by atoms with Gasteiger partial charge in [0.2, 0.25) is 0 Å². The van der Waals surface area contributed by atoms with E-state index in [1.807, 2.05) is 35.2 Å². The first-order valence-electron chi connectivity index (χ1n) is 8.83. The third-order valence-electron chi connectivity index (χ3n) is 5.22. The van der Waals surface area contributed by atoms with E-state index in [0.717, 1.165) is 37.7 Å². The van der Waals surface area contributed by atoms with Crippen LogP contribution in [0.5, 0.6) is 0 Å². The molecule has 1 N–H and O–H groups in total. The quantitative estimate of drug-likeness (QED) is 0.917. The van der Waals surface area contributed by atoms with Crippen LogP contribution in [0, 0.1) is 0 Å². The molecule has 2 aliphatic heterocycles. The van der Waals surface area contributed by atoms with Gasteiger partial charge in [-0.25, -0.2) is 4.79 Å². The molecule has 0 spiro atoms. The highest BCUT2D eigenvalue weighted by Gasteiger charge is 2.47. The molecule has 4 heteroatoms. The standard InChI is InChI=1S/C19H27NO3/c1-2-11-19(22)12-16-9-6-10-17(13-19)20(16)18(21)23-14-15-7-4-3-5-8-15/h3-5,7-8,16-17,22H,2,6,9-14H2,1H3. The number of carbonyl (C=O) groups is 1. The van der Waals surface area contributed by atoms with Gasteiger partial charge in [-0.2, -0.15) is 0 Å². The molecule has 2 unspecified atom stereocenters. The Morgan fingerprint density at radius 1 is 1.26 bits per heavy atom. The molecular weight excluding hydrogens is 290 g/mol. The number of hydrogen-bond donors (Lipinski definition) is 1. The zero-order chi connectivity index (χ0) is 16.3. The van der Waals surface area contributed by atoms with Crippen molar-refractivity contribution in [1.82, 2.24) is 4.90 Å². The van der Waals surface area contributed by atoms with Crippen molar-refractivity contribution in [3.05, 3.63) is 35.9 Å². The number of ether oxygens (including phenoxy) is 1. The molecule has 1 aromatic rings. The Bertz CT molecular complexity index is 517. The Hall–Kier alpha value is -1.55. The van der Waals surface area contributed by atoms with E-state index in [1.165, 1.54) is 0 Å². The summed E-state index contributed by atoms with van der Waals surface area (Å²) in [5.41, 5.74) is 0.409. The van der Waals surface area contributed by atoms with Gasteiger partial charge in [0, 0.05) is 12.1 Å². The van der Waals surface area contributed by atoms with Gasteiger partial charge < -0.3 is 14.7 Å². The number of benzene rings is 1. The van der Waals surface area contributed by atoms with Crippen molar-refractivity contribution in [2.45, 2.75) is 76.2 Å². The summed E-state index contributed by atoms with van der Waals surface area (Å²) in [6.07, 6.45) is 6.06. The first-order valence-corrected chi connectivity index (χ1v) is 8.83. The van der Waals surface area contributed by atoms with Crippen molar-refractivity contribution in [3.8, 4) is 0 Å². The predicted octanol–water partition coefficient (Wildman–Crippen LogP) is 3.87. The van der Waals surface area contributed by atoms with Gasteiger partial charge in [0.05, 0.1) is 5.60 Å². The molecule has 3 rings (SSSR count). The molecule has 2 aliphatic rings. The lowest BCUT2D eigenvalue weighted by Crippen LogP contribution is -2.59. The van der Waals surface area contributed by atoms with Crippen molar-refractivity contribution in [2.24, 2.45) is 0 Å². The maximum absolute atomic E-state index is 12.6. The van der Waals surface area contributed by atoms with Crippen LogP contribution in [-0.2, 0) is 11.3 Å². The minimum absolute atomic E-state index is 0.127. The Morgan fingerprint density at radius 2 is 1.91 bits per heavy atom. The summed E-state index contributed by atoms with van der Waals surface area (Å²) in [5, 5.41) is 10.8. The fraction of sp³-hybridized carbons (Fsp3) is 0.632. The molecular formula is C19H27NO3. The summed E-state index contributed by atoms with van der Waals surface area (Å²) in [6, 6.07) is 10.0.